The molecule has 1 saturated carbocycles. The van der Waals surface area contributed by atoms with Gasteiger partial charge in [0.15, 0.2) is 16.4 Å². The van der Waals surface area contributed by atoms with E-state index < -0.39 is 15.8 Å². The number of ether oxygens (including phenoxy) is 1. The molecule has 1 amide bonds. The first-order valence-electron chi connectivity index (χ1n) is 9.73. The first-order valence-corrected chi connectivity index (χ1v) is 11.6. The van der Waals surface area contributed by atoms with E-state index in [1.54, 1.807) is 11.0 Å². The van der Waals surface area contributed by atoms with Crippen molar-refractivity contribution >= 4 is 21.7 Å². The van der Waals surface area contributed by atoms with Gasteiger partial charge in [-0.3, -0.25) is 4.79 Å². The van der Waals surface area contributed by atoms with Gasteiger partial charge in [0.1, 0.15) is 0 Å². The number of rotatable bonds is 5. The number of fused-ring (bicyclic) bond motifs is 1. The van der Waals surface area contributed by atoms with Crippen LogP contribution in [0.1, 0.15) is 53.6 Å². The minimum Gasteiger partial charge on any atom is -0.452 e. The Hall–Kier alpha value is -1.89. The Labute approximate surface area is 159 Å². The molecule has 0 aromatic heterocycles. The topological polar surface area (TPSA) is 80.8 Å². The SMILES string of the molecule is O=C(OCC(=O)N(C1CC1)[C@@H]1CCS(=O)(=O)C1)c1ccc2c(c1)CCCC2. The van der Waals surface area contributed by atoms with E-state index in [0.29, 0.717) is 12.0 Å². The molecule has 146 valence electrons. The van der Waals surface area contributed by atoms with Crippen LogP contribution in [0.15, 0.2) is 18.2 Å². The first kappa shape index (κ1) is 18.5. The van der Waals surface area contributed by atoms with Crippen LogP contribution in [-0.4, -0.2) is 55.4 Å². The van der Waals surface area contributed by atoms with Crippen LogP contribution in [0.4, 0.5) is 0 Å². The lowest BCUT2D eigenvalue weighted by Gasteiger charge is -2.28. The van der Waals surface area contributed by atoms with Crippen molar-refractivity contribution in [3.8, 4) is 0 Å². The highest BCUT2D eigenvalue weighted by atomic mass is 32.2. The van der Waals surface area contributed by atoms with Gasteiger partial charge in [0.2, 0.25) is 0 Å². The smallest absolute Gasteiger partial charge is 0.338 e. The number of amides is 1. The summed E-state index contributed by atoms with van der Waals surface area (Å²) in [5, 5.41) is 0. The molecule has 4 rings (SSSR count). The monoisotopic (exact) mass is 391 g/mol. The van der Waals surface area contributed by atoms with E-state index in [-0.39, 0.29) is 36.1 Å². The summed E-state index contributed by atoms with van der Waals surface area (Å²) in [6.07, 6.45) is 6.58. The Morgan fingerprint density at radius 1 is 1.04 bits per heavy atom. The number of aryl methyl sites for hydroxylation is 2. The molecule has 1 aromatic rings. The quantitative estimate of drug-likeness (QED) is 0.716. The number of hydrogen-bond acceptors (Lipinski definition) is 5. The second-order valence-electron chi connectivity index (χ2n) is 7.86. The average Bonchev–Trinajstić information content (AvgIpc) is 3.42. The van der Waals surface area contributed by atoms with E-state index in [4.69, 9.17) is 4.74 Å². The highest BCUT2D eigenvalue weighted by Gasteiger charge is 2.42. The zero-order chi connectivity index (χ0) is 19.0. The van der Waals surface area contributed by atoms with Gasteiger partial charge in [-0.1, -0.05) is 6.07 Å². The van der Waals surface area contributed by atoms with Crippen LogP contribution >= 0.6 is 0 Å². The van der Waals surface area contributed by atoms with Crippen LogP contribution in [0, 0.1) is 0 Å². The van der Waals surface area contributed by atoms with Gasteiger partial charge in [0.05, 0.1) is 17.1 Å². The Bertz CT molecular complexity index is 859. The number of esters is 1. The van der Waals surface area contributed by atoms with Gasteiger partial charge in [-0.2, -0.15) is 0 Å². The molecule has 7 heteroatoms. The second-order valence-corrected chi connectivity index (χ2v) is 10.1. The Morgan fingerprint density at radius 3 is 2.44 bits per heavy atom. The van der Waals surface area contributed by atoms with Gasteiger partial charge in [0.25, 0.3) is 5.91 Å². The molecule has 1 aliphatic heterocycles. The summed E-state index contributed by atoms with van der Waals surface area (Å²) in [5.41, 5.74) is 2.96. The predicted molar refractivity (Wildman–Crippen MR) is 100 cm³/mol. The maximum absolute atomic E-state index is 12.6. The van der Waals surface area contributed by atoms with E-state index in [2.05, 4.69) is 0 Å². The summed E-state index contributed by atoms with van der Waals surface area (Å²) in [4.78, 5) is 26.7. The van der Waals surface area contributed by atoms with Crippen LogP contribution in [0.5, 0.6) is 0 Å². The van der Waals surface area contributed by atoms with Gasteiger partial charge in [0, 0.05) is 12.1 Å². The molecule has 1 atom stereocenters. The molecule has 1 heterocycles. The number of carbonyl (C=O) groups excluding carboxylic acids is 2. The van der Waals surface area contributed by atoms with Crippen molar-refractivity contribution in [3.63, 3.8) is 0 Å². The lowest BCUT2D eigenvalue weighted by Crippen LogP contribution is -2.44. The average molecular weight is 391 g/mol. The Morgan fingerprint density at radius 2 is 1.78 bits per heavy atom. The molecule has 0 N–H and O–H groups in total. The third-order valence-electron chi connectivity index (χ3n) is 5.74. The molecule has 2 aliphatic carbocycles. The summed E-state index contributed by atoms with van der Waals surface area (Å²) >= 11 is 0. The number of carbonyl (C=O) groups is 2. The van der Waals surface area contributed by atoms with Crippen molar-refractivity contribution in [2.45, 2.75) is 57.0 Å². The largest absolute Gasteiger partial charge is 0.452 e. The third kappa shape index (κ3) is 4.18. The summed E-state index contributed by atoms with van der Waals surface area (Å²) < 4.78 is 28.8. The fraction of sp³-hybridized carbons (Fsp3) is 0.600. The number of nitrogens with zero attached hydrogens (tertiary/aromatic N) is 1. The fourth-order valence-electron chi connectivity index (χ4n) is 4.20. The first-order chi connectivity index (χ1) is 12.9. The third-order valence-corrected chi connectivity index (χ3v) is 7.49. The van der Waals surface area contributed by atoms with Crippen molar-refractivity contribution in [2.75, 3.05) is 18.1 Å². The fourth-order valence-corrected chi connectivity index (χ4v) is 5.91. The van der Waals surface area contributed by atoms with Crippen molar-refractivity contribution in [1.82, 2.24) is 4.90 Å². The van der Waals surface area contributed by atoms with Crippen LogP contribution in [0.3, 0.4) is 0 Å². The second kappa shape index (κ2) is 7.26. The van der Waals surface area contributed by atoms with Crippen molar-refractivity contribution in [2.24, 2.45) is 0 Å². The summed E-state index contributed by atoms with van der Waals surface area (Å²) in [7, 11) is -3.06. The normalized spacial score (nSPS) is 23.5. The van der Waals surface area contributed by atoms with E-state index in [1.165, 1.54) is 17.5 Å². The molecule has 3 aliphatic rings. The molecule has 1 aromatic carbocycles. The van der Waals surface area contributed by atoms with Gasteiger partial charge in [-0.25, -0.2) is 13.2 Å². The van der Waals surface area contributed by atoms with Crippen LogP contribution in [0.2, 0.25) is 0 Å². The predicted octanol–water partition coefficient (Wildman–Crippen LogP) is 1.90. The van der Waals surface area contributed by atoms with E-state index in [0.717, 1.165) is 32.1 Å². The van der Waals surface area contributed by atoms with Crippen LogP contribution < -0.4 is 0 Å². The molecule has 0 spiro atoms. The van der Waals surface area contributed by atoms with E-state index >= 15 is 0 Å². The summed E-state index contributed by atoms with van der Waals surface area (Å²) in [6, 6.07) is 5.44. The molecular formula is C20H25NO5S. The molecule has 0 unspecified atom stereocenters. The maximum Gasteiger partial charge on any atom is 0.338 e. The van der Waals surface area contributed by atoms with Gasteiger partial charge in [-0.05, 0) is 68.2 Å². The lowest BCUT2D eigenvalue weighted by molar-refractivity contribution is -0.137. The van der Waals surface area contributed by atoms with Gasteiger partial charge < -0.3 is 9.64 Å². The molecule has 0 bridgehead atoms. The molecule has 2 fully saturated rings. The van der Waals surface area contributed by atoms with Crippen LogP contribution in [0.25, 0.3) is 0 Å². The minimum atomic E-state index is -3.06. The standard InChI is InChI=1S/C20H25NO5S/c22-19(21(17-7-8-17)18-9-10-27(24,25)13-18)12-26-20(23)16-6-5-14-3-1-2-4-15(14)11-16/h5-6,11,17-18H,1-4,7-10,12-13H2/t18-/m1/s1. The van der Waals surface area contributed by atoms with Crippen molar-refractivity contribution in [1.29, 1.82) is 0 Å². The van der Waals surface area contributed by atoms with E-state index in [1.807, 2.05) is 12.1 Å². The van der Waals surface area contributed by atoms with Gasteiger partial charge >= 0.3 is 5.97 Å². The highest BCUT2D eigenvalue weighted by Crippen LogP contribution is 2.32. The number of hydrogen-bond donors (Lipinski definition) is 0. The summed E-state index contributed by atoms with van der Waals surface area (Å²) in [5.74, 6) is -0.630. The Balaban J connectivity index is 1.38. The molecular weight excluding hydrogens is 366 g/mol. The molecule has 6 nitrogen and oxygen atoms in total. The summed E-state index contributed by atoms with van der Waals surface area (Å²) in [6.45, 7) is -0.330. The zero-order valence-electron chi connectivity index (χ0n) is 15.4. The highest BCUT2D eigenvalue weighted by molar-refractivity contribution is 7.91. The number of benzene rings is 1. The molecule has 0 radical (unpaired) electrons. The lowest BCUT2D eigenvalue weighted by atomic mass is 9.90. The van der Waals surface area contributed by atoms with Crippen LogP contribution in [-0.2, 0) is 32.2 Å². The Kier molecular flexibility index (Phi) is 4.97. The van der Waals surface area contributed by atoms with Gasteiger partial charge in [-0.15, -0.1) is 0 Å². The molecule has 1 saturated heterocycles. The van der Waals surface area contributed by atoms with Crippen molar-refractivity contribution in [3.05, 3.63) is 34.9 Å². The maximum atomic E-state index is 12.6. The van der Waals surface area contributed by atoms with Crippen molar-refractivity contribution < 1.29 is 22.7 Å². The zero-order valence-corrected chi connectivity index (χ0v) is 16.2. The number of sulfone groups is 1. The van der Waals surface area contributed by atoms with E-state index in [9.17, 15) is 18.0 Å². The minimum absolute atomic E-state index is 0.0218. The molecule has 27 heavy (non-hydrogen) atoms.